The maximum absolute atomic E-state index is 11.9. The molecule has 0 radical (unpaired) electrons. The van der Waals surface area contributed by atoms with Gasteiger partial charge in [0, 0.05) is 24.1 Å². The van der Waals surface area contributed by atoms with Crippen LogP contribution in [0.2, 0.25) is 0 Å². The van der Waals surface area contributed by atoms with E-state index in [1.807, 2.05) is 20.8 Å². The van der Waals surface area contributed by atoms with E-state index in [0.717, 1.165) is 12.2 Å². The zero-order valence-electron chi connectivity index (χ0n) is 12.9. The van der Waals surface area contributed by atoms with Gasteiger partial charge in [0.25, 0.3) is 5.56 Å². The standard InChI is InChI=1S/C14H23N3O3S/c1-10(2)17-14(3,12(19)20-4)7-5-9-21-13-15-8-6-11(18)16-13/h6,8,10,17H,5,7,9H2,1-4H3,(H,15,16,18). The third-order valence-corrected chi connectivity index (χ3v) is 3.92. The lowest BCUT2D eigenvalue weighted by atomic mass is 9.95. The van der Waals surface area contributed by atoms with E-state index in [1.54, 1.807) is 0 Å². The van der Waals surface area contributed by atoms with Crippen LogP contribution in [-0.2, 0) is 9.53 Å². The normalized spacial score (nSPS) is 14.0. The van der Waals surface area contributed by atoms with Crippen LogP contribution < -0.4 is 10.9 Å². The van der Waals surface area contributed by atoms with Gasteiger partial charge in [-0.3, -0.25) is 14.9 Å². The summed E-state index contributed by atoms with van der Waals surface area (Å²) in [4.78, 5) is 29.8. The van der Waals surface area contributed by atoms with Crippen molar-refractivity contribution in [1.29, 1.82) is 0 Å². The molecule has 0 bridgehead atoms. The average molecular weight is 313 g/mol. The second kappa shape index (κ2) is 8.19. The molecule has 0 saturated carbocycles. The van der Waals surface area contributed by atoms with Crippen LogP contribution in [0.3, 0.4) is 0 Å². The molecule has 0 aliphatic carbocycles. The van der Waals surface area contributed by atoms with Crippen molar-refractivity contribution in [3.63, 3.8) is 0 Å². The van der Waals surface area contributed by atoms with Crippen molar-refractivity contribution in [2.75, 3.05) is 12.9 Å². The second-order valence-corrected chi connectivity index (χ2v) is 6.40. The third-order valence-electron chi connectivity index (χ3n) is 2.95. The molecule has 21 heavy (non-hydrogen) atoms. The minimum Gasteiger partial charge on any atom is -0.468 e. The largest absolute Gasteiger partial charge is 0.468 e. The Labute approximate surface area is 129 Å². The monoisotopic (exact) mass is 313 g/mol. The number of nitrogens with zero attached hydrogens (tertiary/aromatic N) is 1. The van der Waals surface area contributed by atoms with Crippen LogP contribution in [0.5, 0.6) is 0 Å². The van der Waals surface area contributed by atoms with Gasteiger partial charge in [0.2, 0.25) is 0 Å². The number of H-pyrrole nitrogens is 1. The van der Waals surface area contributed by atoms with E-state index in [9.17, 15) is 9.59 Å². The molecule has 0 aliphatic rings. The van der Waals surface area contributed by atoms with Crippen molar-refractivity contribution >= 4 is 17.7 Å². The molecule has 1 heterocycles. The Morgan fingerprint density at radius 1 is 1.57 bits per heavy atom. The number of aromatic nitrogens is 2. The van der Waals surface area contributed by atoms with E-state index in [2.05, 4.69) is 15.3 Å². The van der Waals surface area contributed by atoms with E-state index < -0.39 is 5.54 Å². The number of carbonyl (C=O) groups is 1. The Kier molecular flexibility index (Phi) is 6.91. The predicted molar refractivity (Wildman–Crippen MR) is 83.5 cm³/mol. The Hall–Kier alpha value is -1.34. The molecule has 118 valence electrons. The first-order chi connectivity index (χ1) is 9.87. The first kappa shape index (κ1) is 17.7. The Bertz CT molecular complexity index is 518. The number of hydrogen-bond acceptors (Lipinski definition) is 6. The van der Waals surface area contributed by atoms with Crippen molar-refractivity contribution in [2.45, 2.75) is 50.4 Å². The van der Waals surface area contributed by atoms with Gasteiger partial charge in [0.1, 0.15) is 5.54 Å². The SMILES string of the molecule is COC(=O)C(C)(CCCSc1nccc(=O)[nH]1)NC(C)C. The van der Waals surface area contributed by atoms with E-state index in [0.29, 0.717) is 11.6 Å². The van der Waals surface area contributed by atoms with Crippen LogP contribution in [-0.4, -0.2) is 40.4 Å². The molecule has 1 unspecified atom stereocenters. The van der Waals surface area contributed by atoms with Crippen molar-refractivity contribution in [3.05, 3.63) is 22.6 Å². The maximum atomic E-state index is 11.9. The first-order valence-corrected chi connectivity index (χ1v) is 7.90. The predicted octanol–water partition coefficient (Wildman–Crippen LogP) is 1.57. The van der Waals surface area contributed by atoms with E-state index in [4.69, 9.17) is 4.74 Å². The van der Waals surface area contributed by atoms with Gasteiger partial charge in [-0.2, -0.15) is 0 Å². The van der Waals surface area contributed by atoms with Gasteiger partial charge in [-0.1, -0.05) is 11.8 Å². The molecule has 1 aromatic rings. The average Bonchev–Trinajstić information content (AvgIpc) is 2.42. The highest BCUT2D eigenvalue weighted by molar-refractivity contribution is 7.99. The minimum absolute atomic E-state index is 0.159. The summed E-state index contributed by atoms with van der Waals surface area (Å²) in [5.41, 5.74) is -0.852. The highest BCUT2D eigenvalue weighted by Gasteiger charge is 2.34. The number of thioether (sulfide) groups is 1. The minimum atomic E-state index is -0.693. The summed E-state index contributed by atoms with van der Waals surface area (Å²) in [6, 6.07) is 1.57. The van der Waals surface area contributed by atoms with Gasteiger partial charge in [-0.15, -0.1) is 0 Å². The molecule has 0 aromatic carbocycles. The zero-order valence-corrected chi connectivity index (χ0v) is 13.8. The molecular weight excluding hydrogens is 290 g/mol. The van der Waals surface area contributed by atoms with Crippen molar-refractivity contribution in [1.82, 2.24) is 15.3 Å². The molecule has 0 fully saturated rings. The Morgan fingerprint density at radius 3 is 2.86 bits per heavy atom. The third kappa shape index (κ3) is 5.89. The van der Waals surface area contributed by atoms with Gasteiger partial charge in [-0.25, -0.2) is 4.98 Å². The van der Waals surface area contributed by atoms with Crippen LogP contribution in [0, 0.1) is 0 Å². The van der Waals surface area contributed by atoms with E-state index in [1.165, 1.54) is 31.1 Å². The van der Waals surface area contributed by atoms with Crippen molar-refractivity contribution in [3.8, 4) is 0 Å². The molecule has 6 nitrogen and oxygen atoms in total. The van der Waals surface area contributed by atoms with E-state index >= 15 is 0 Å². The van der Waals surface area contributed by atoms with Gasteiger partial charge in [-0.05, 0) is 33.6 Å². The van der Waals surface area contributed by atoms with Crippen molar-refractivity contribution < 1.29 is 9.53 Å². The van der Waals surface area contributed by atoms with Gasteiger partial charge in [0.05, 0.1) is 7.11 Å². The molecule has 7 heteroatoms. The molecule has 0 saturated heterocycles. The second-order valence-electron chi connectivity index (χ2n) is 5.31. The van der Waals surface area contributed by atoms with Crippen LogP contribution in [0.15, 0.2) is 22.2 Å². The number of rotatable bonds is 8. The fourth-order valence-corrected chi connectivity index (χ4v) is 2.91. The summed E-state index contributed by atoms with van der Waals surface area (Å²) in [5.74, 6) is 0.506. The lowest BCUT2D eigenvalue weighted by Crippen LogP contribution is -2.53. The molecule has 1 rings (SSSR count). The highest BCUT2D eigenvalue weighted by atomic mass is 32.2. The molecule has 0 spiro atoms. The highest BCUT2D eigenvalue weighted by Crippen LogP contribution is 2.19. The summed E-state index contributed by atoms with van der Waals surface area (Å²) in [5, 5.41) is 3.85. The number of carbonyl (C=O) groups excluding carboxylic acids is 1. The smallest absolute Gasteiger partial charge is 0.325 e. The Balaban J connectivity index is 2.50. The lowest BCUT2D eigenvalue weighted by Gasteiger charge is -2.30. The van der Waals surface area contributed by atoms with Crippen LogP contribution in [0.1, 0.15) is 33.6 Å². The summed E-state index contributed by atoms with van der Waals surface area (Å²) in [6.45, 7) is 5.84. The van der Waals surface area contributed by atoms with Crippen LogP contribution in [0.4, 0.5) is 0 Å². The lowest BCUT2D eigenvalue weighted by molar-refractivity contribution is -0.148. The number of hydrogen-bond donors (Lipinski definition) is 2. The van der Waals surface area contributed by atoms with Gasteiger partial charge >= 0.3 is 5.97 Å². The fraction of sp³-hybridized carbons (Fsp3) is 0.643. The quantitative estimate of drug-likeness (QED) is 0.328. The zero-order chi connectivity index (χ0) is 15.9. The molecule has 0 aliphatic heterocycles. The summed E-state index contributed by atoms with van der Waals surface area (Å²) in [6.07, 6.45) is 2.94. The summed E-state index contributed by atoms with van der Waals surface area (Å²) < 4.78 is 4.88. The number of nitrogens with one attached hydrogen (secondary N) is 2. The molecule has 0 amide bonds. The Morgan fingerprint density at radius 2 is 2.29 bits per heavy atom. The maximum Gasteiger partial charge on any atom is 0.325 e. The first-order valence-electron chi connectivity index (χ1n) is 6.91. The van der Waals surface area contributed by atoms with Crippen LogP contribution in [0.25, 0.3) is 0 Å². The number of aromatic amines is 1. The number of methoxy groups -OCH3 is 1. The van der Waals surface area contributed by atoms with E-state index in [-0.39, 0.29) is 17.6 Å². The summed E-state index contributed by atoms with van der Waals surface area (Å²) in [7, 11) is 1.40. The summed E-state index contributed by atoms with van der Waals surface area (Å²) >= 11 is 1.47. The molecule has 2 N–H and O–H groups in total. The number of ether oxygens (including phenoxy) is 1. The topological polar surface area (TPSA) is 84.1 Å². The van der Waals surface area contributed by atoms with Crippen LogP contribution >= 0.6 is 11.8 Å². The molecule has 1 atom stereocenters. The molecule has 1 aromatic heterocycles. The molecular formula is C14H23N3O3S. The van der Waals surface area contributed by atoms with Gasteiger partial charge in [0.15, 0.2) is 5.16 Å². The van der Waals surface area contributed by atoms with Crippen molar-refractivity contribution in [2.24, 2.45) is 0 Å². The van der Waals surface area contributed by atoms with Gasteiger partial charge < -0.3 is 9.72 Å². The number of esters is 1. The fourth-order valence-electron chi connectivity index (χ4n) is 2.12.